The highest BCUT2D eigenvalue weighted by Gasteiger charge is 2.68. The molecule has 0 spiro atoms. The summed E-state index contributed by atoms with van der Waals surface area (Å²) >= 11 is 0. The zero-order valence-electron chi connectivity index (χ0n) is 23.6. The number of amides is 4. The Morgan fingerprint density at radius 3 is 2.45 bits per heavy atom. The van der Waals surface area contributed by atoms with E-state index < -0.39 is 59.8 Å². The van der Waals surface area contributed by atoms with E-state index in [9.17, 15) is 24.0 Å². The van der Waals surface area contributed by atoms with Gasteiger partial charge in [-0.15, -0.1) is 0 Å². The number of allylic oxidation sites excluding steroid dienone is 2. The number of cyclic esters (lactones) is 1. The van der Waals surface area contributed by atoms with E-state index in [1.807, 2.05) is 26.8 Å². The van der Waals surface area contributed by atoms with Gasteiger partial charge in [0.05, 0.1) is 18.9 Å². The molecule has 3 unspecified atom stereocenters. The fourth-order valence-corrected chi connectivity index (χ4v) is 6.46. The van der Waals surface area contributed by atoms with Crippen LogP contribution < -0.4 is 0 Å². The van der Waals surface area contributed by atoms with E-state index in [1.165, 1.54) is 16.9 Å². The van der Waals surface area contributed by atoms with Crippen molar-refractivity contribution in [1.29, 1.82) is 0 Å². The van der Waals surface area contributed by atoms with E-state index in [1.54, 1.807) is 6.92 Å². The molecule has 0 radical (unpaired) electrons. The molecule has 0 N–H and O–H groups in total. The van der Waals surface area contributed by atoms with Crippen molar-refractivity contribution in [3.63, 3.8) is 0 Å². The predicted molar refractivity (Wildman–Crippen MR) is 140 cm³/mol. The van der Waals surface area contributed by atoms with Crippen LogP contribution >= 0.6 is 0 Å². The van der Waals surface area contributed by atoms with Crippen LogP contribution in [0.3, 0.4) is 0 Å². The number of hydrogen-bond acceptors (Lipinski definition) is 9. The summed E-state index contributed by atoms with van der Waals surface area (Å²) in [6, 6.07) is 0. The average Bonchev–Trinajstić information content (AvgIpc) is 3.69. The summed E-state index contributed by atoms with van der Waals surface area (Å²) in [7, 11) is 1.20. The van der Waals surface area contributed by atoms with Crippen LogP contribution in [0.15, 0.2) is 28.1 Å². The van der Waals surface area contributed by atoms with Crippen LogP contribution in [-0.4, -0.2) is 89.4 Å². The molecule has 0 aromatic rings. The molecule has 3 heterocycles. The third kappa shape index (κ3) is 4.19. The third-order valence-electron chi connectivity index (χ3n) is 8.80. The second-order valence-electron chi connectivity index (χ2n) is 11.0. The fraction of sp³-hybridized carbons (Fsp3) is 0.643. The number of likely N-dealkylation sites (tertiary alicyclic amines) is 1. The molecule has 1 saturated carbocycles. The molecule has 5 rings (SSSR count). The summed E-state index contributed by atoms with van der Waals surface area (Å²) in [4.78, 5) is 74.5. The first-order valence-corrected chi connectivity index (χ1v) is 14.0. The Hall–Kier alpha value is -3.70. The molecule has 216 valence electrons. The van der Waals surface area contributed by atoms with Crippen LogP contribution in [-0.2, 0) is 28.6 Å². The molecule has 2 saturated heterocycles. The summed E-state index contributed by atoms with van der Waals surface area (Å²) in [6.07, 6.45) is 3.26. The van der Waals surface area contributed by atoms with Gasteiger partial charge in [0.25, 0.3) is 0 Å². The molecular formula is C28H36N4O8. The van der Waals surface area contributed by atoms with Crippen molar-refractivity contribution in [2.75, 3.05) is 33.3 Å². The van der Waals surface area contributed by atoms with Gasteiger partial charge in [0.2, 0.25) is 23.6 Å². The van der Waals surface area contributed by atoms with Crippen LogP contribution in [0.1, 0.15) is 53.4 Å². The number of hydrogen-bond donors (Lipinski definition) is 0. The van der Waals surface area contributed by atoms with Gasteiger partial charge in [-0.2, -0.15) is 0 Å². The fourth-order valence-electron chi connectivity index (χ4n) is 6.46. The number of aliphatic imine (C=N–C) groups is 1. The van der Waals surface area contributed by atoms with Crippen molar-refractivity contribution in [3.8, 4) is 0 Å². The minimum absolute atomic E-state index is 0.0626. The van der Waals surface area contributed by atoms with E-state index in [0.29, 0.717) is 37.5 Å². The largest absolute Gasteiger partial charge is 0.468 e. The lowest BCUT2D eigenvalue weighted by Gasteiger charge is -2.49. The van der Waals surface area contributed by atoms with Crippen molar-refractivity contribution in [1.82, 2.24) is 14.7 Å². The SMILES string of the molecule is CCC1=C(OC(=O)N(CC)CC)N2C(=O)OC(=NCC3CC3)[C@]2(C)C2C1=CCC1C(=O)N(CC(=O)OC)C(=O)C12. The molecule has 5 aliphatic rings. The number of carbonyl (C=O) groups is 5. The Bertz CT molecular complexity index is 1250. The van der Waals surface area contributed by atoms with E-state index in [4.69, 9.17) is 19.2 Å². The molecule has 4 amide bonds. The Kier molecular flexibility index (Phi) is 7.22. The molecule has 4 atom stereocenters. The minimum Gasteiger partial charge on any atom is -0.468 e. The average molecular weight is 557 g/mol. The normalized spacial score (nSPS) is 30.1. The maximum absolute atomic E-state index is 13.9. The number of carbonyl (C=O) groups excluding carboxylic acids is 5. The first kappa shape index (κ1) is 27.9. The zero-order valence-corrected chi connectivity index (χ0v) is 23.6. The highest BCUT2D eigenvalue weighted by atomic mass is 16.6. The molecule has 3 fully saturated rings. The molecule has 40 heavy (non-hydrogen) atoms. The lowest BCUT2D eigenvalue weighted by Crippen LogP contribution is -2.60. The first-order valence-electron chi connectivity index (χ1n) is 14.0. The number of imide groups is 1. The first-order chi connectivity index (χ1) is 19.1. The minimum atomic E-state index is -1.34. The van der Waals surface area contributed by atoms with Crippen molar-refractivity contribution in [3.05, 3.63) is 23.1 Å². The summed E-state index contributed by atoms with van der Waals surface area (Å²) in [5.74, 6) is -3.35. The zero-order chi connectivity index (χ0) is 28.9. The standard InChI is InChI=1S/C28H36N4O8/c1-6-16-17-11-12-18-20(23(35)31(22(18)34)14-19(33)38-5)21(17)28(4)25(29-13-15-9-10-15)40-27(37)32(28)24(16)39-26(36)30(7-2)8-3/h11,15,18,20-21H,6-10,12-14H2,1-5H3/t18?,20?,21?,28-/m0/s1. The molecular weight excluding hydrogens is 520 g/mol. The number of esters is 1. The van der Waals surface area contributed by atoms with Gasteiger partial charge in [0.1, 0.15) is 12.1 Å². The third-order valence-corrected chi connectivity index (χ3v) is 8.80. The molecule has 0 aromatic heterocycles. The second kappa shape index (κ2) is 10.4. The molecule has 0 bridgehead atoms. The van der Waals surface area contributed by atoms with Gasteiger partial charge in [-0.25, -0.2) is 14.5 Å². The summed E-state index contributed by atoms with van der Waals surface area (Å²) in [5, 5.41) is 0. The van der Waals surface area contributed by atoms with Gasteiger partial charge < -0.3 is 19.1 Å². The van der Waals surface area contributed by atoms with Crippen LogP contribution in [0.4, 0.5) is 9.59 Å². The van der Waals surface area contributed by atoms with E-state index >= 15 is 0 Å². The summed E-state index contributed by atoms with van der Waals surface area (Å²) in [5.41, 5.74) is -0.0209. The molecule has 12 heteroatoms. The molecule has 2 aliphatic carbocycles. The van der Waals surface area contributed by atoms with Crippen LogP contribution in [0.5, 0.6) is 0 Å². The quantitative estimate of drug-likeness (QED) is 0.253. The summed E-state index contributed by atoms with van der Waals surface area (Å²) in [6.45, 7) is 8.12. The van der Waals surface area contributed by atoms with Crippen molar-refractivity contribution < 1.29 is 38.2 Å². The summed E-state index contributed by atoms with van der Waals surface area (Å²) < 4.78 is 16.4. The number of fused-ring (bicyclic) bond motifs is 5. The van der Waals surface area contributed by atoms with Gasteiger partial charge in [0.15, 0.2) is 0 Å². The maximum Gasteiger partial charge on any atom is 0.424 e. The second-order valence-corrected chi connectivity index (χ2v) is 11.0. The smallest absolute Gasteiger partial charge is 0.424 e. The van der Waals surface area contributed by atoms with Crippen LogP contribution in [0.25, 0.3) is 0 Å². The predicted octanol–water partition coefficient (Wildman–Crippen LogP) is 2.84. The van der Waals surface area contributed by atoms with Crippen molar-refractivity contribution in [2.45, 2.75) is 58.9 Å². The Morgan fingerprint density at radius 1 is 1.15 bits per heavy atom. The number of ether oxygens (including phenoxy) is 3. The monoisotopic (exact) mass is 556 g/mol. The lowest BCUT2D eigenvalue weighted by atomic mass is 9.61. The van der Waals surface area contributed by atoms with E-state index in [0.717, 1.165) is 23.3 Å². The van der Waals surface area contributed by atoms with Gasteiger partial charge in [-0.3, -0.25) is 24.3 Å². The number of nitrogens with zero attached hydrogens (tertiary/aromatic N) is 4. The van der Waals surface area contributed by atoms with Crippen LogP contribution in [0, 0.1) is 23.7 Å². The van der Waals surface area contributed by atoms with Gasteiger partial charge in [0, 0.05) is 31.1 Å². The molecule has 12 nitrogen and oxygen atoms in total. The Morgan fingerprint density at radius 2 is 1.85 bits per heavy atom. The number of rotatable bonds is 8. The topological polar surface area (TPSA) is 135 Å². The Balaban J connectivity index is 1.66. The van der Waals surface area contributed by atoms with E-state index in [2.05, 4.69) is 0 Å². The Labute approximate surface area is 233 Å². The van der Waals surface area contributed by atoms with E-state index in [-0.39, 0.29) is 18.2 Å². The number of methoxy groups -OCH3 is 1. The van der Waals surface area contributed by atoms with Gasteiger partial charge in [-0.1, -0.05) is 13.0 Å². The van der Waals surface area contributed by atoms with Gasteiger partial charge in [-0.05, 0) is 57.9 Å². The van der Waals surface area contributed by atoms with Crippen LogP contribution in [0.2, 0.25) is 0 Å². The van der Waals surface area contributed by atoms with Gasteiger partial charge >= 0.3 is 18.2 Å². The lowest BCUT2D eigenvalue weighted by molar-refractivity contribution is -0.151. The molecule has 0 aromatic carbocycles. The van der Waals surface area contributed by atoms with Crippen molar-refractivity contribution >= 4 is 35.9 Å². The van der Waals surface area contributed by atoms with Crippen molar-refractivity contribution in [2.24, 2.45) is 28.7 Å². The maximum atomic E-state index is 13.9. The highest BCUT2D eigenvalue weighted by molar-refractivity contribution is 6.10. The molecule has 3 aliphatic heterocycles. The highest BCUT2D eigenvalue weighted by Crippen LogP contribution is 2.57.